The fourth-order valence-electron chi connectivity index (χ4n) is 8.13. The molecule has 0 radical (unpaired) electrons. The maximum absolute atomic E-state index is 12.9. The van der Waals surface area contributed by atoms with E-state index in [2.05, 4.69) is 13.8 Å². The van der Waals surface area contributed by atoms with E-state index in [0.717, 1.165) is 51.4 Å². The average Bonchev–Trinajstić information content (AvgIpc) is 2.91. The third-order valence-electron chi connectivity index (χ3n) is 9.72. The maximum atomic E-state index is 12.9. The molecule has 0 aromatic carbocycles. The van der Waals surface area contributed by atoms with E-state index in [4.69, 9.17) is 0 Å². The fourth-order valence-corrected chi connectivity index (χ4v) is 8.13. The van der Waals surface area contributed by atoms with Crippen molar-refractivity contribution in [3.63, 3.8) is 0 Å². The molecule has 0 aromatic heterocycles. The van der Waals surface area contributed by atoms with Gasteiger partial charge in [-0.3, -0.25) is 0 Å². The lowest BCUT2D eigenvalue weighted by Gasteiger charge is -2.61. The van der Waals surface area contributed by atoms with Crippen LogP contribution in [0.3, 0.4) is 0 Å². The second-order valence-electron chi connectivity index (χ2n) is 10.7. The van der Waals surface area contributed by atoms with Gasteiger partial charge in [0.15, 0.2) is 0 Å². The molecule has 4 rings (SSSR count). The smallest absolute Gasteiger partial charge is 0.393 e. The molecule has 5 heteroatoms. The number of hydrogen-bond acceptors (Lipinski definition) is 2. The Kier molecular flexibility index (Phi) is 4.90. The van der Waals surface area contributed by atoms with E-state index >= 15 is 0 Å². The zero-order valence-corrected chi connectivity index (χ0v) is 16.6. The molecule has 4 saturated carbocycles. The molecule has 27 heavy (non-hydrogen) atoms. The van der Waals surface area contributed by atoms with Gasteiger partial charge < -0.3 is 10.2 Å². The molecule has 2 N–H and O–H groups in total. The predicted octanol–water partition coefficient (Wildman–Crippen LogP) is 5.32. The summed E-state index contributed by atoms with van der Waals surface area (Å²) in [6.45, 7) is 4.65. The van der Waals surface area contributed by atoms with E-state index in [9.17, 15) is 23.4 Å². The van der Waals surface area contributed by atoms with Crippen molar-refractivity contribution in [2.24, 2.45) is 40.4 Å². The van der Waals surface area contributed by atoms with Gasteiger partial charge in [0.25, 0.3) is 0 Å². The number of fused-ring (bicyclic) bond motifs is 5. The summed E-state index contributed by atoms with van der Waals surface area (Å²) >= 11 is 0. The van der Waals surface area contributed by atoms with Gasteiger partial charge >= 0.3 is 6.18 Å². The highest BCUT2D eigenvalue weighted by molar-refractivity contribution is 5.09. The standard InChI is InChI=1S/C22H35F3O2/c1-20-9-7-15(26)11-13(20)3-5-16-17-6-4-14(12-19(27)22(23,24)25)21(17,2)10-8-18(16)20/h13-19,26-27H,3-12H2,1-2H3/t13?,14-,15?,16?,17?,18?,19?,20?,21-/m1/s1. The molecule has 2 nitrogen and oxygen atoms in total. The zero-order chi connectivity index (χ0) is 19.6. The van der Waals surface area contributed by atoms with Crippen LogP contribution >= 0.6 is 0 Å². The average molecular weight is 389 g/mol. The van der Waals surface area contributed by atoms with Crippen LogP contribution in [0.1, 0.15) is 78.1 Å². The normalized spacial score (nSPS) is 51.2. The van der Waals surface area contributed by atoms with E-state index in [1.165, 1.54) is 6.42 Å². The van der Waals surface area contributed by atoms with E-state index in [1.807, 2.05) is 0 Å². The highest BCUT2D eigenvalue weighted by atomic mass is 19.4. The van der Waals surface area contributed by atoms with Gasteiger partial charge in [0.2, 0.25) is 0 Å². The molecule has 9 atom stereocenters. The molecule has 0 heterocycles. The third-order valence-corrected chi connectivity index (χ3v) is 9.72. The third kappa shape index (κ3) is 3.15. The Bertz CT molecular complexity index is 564. The lowest BCUT2D eigenvalue weighted by molar-refractivity contribution is -0.212. The SMILES string of the molecule is CC12CCC(O)CC1CCC1C2CC[C@@]2(C)C1CC[C@@H]2CC(O)C(F)(F)F. The summed E-state index contributed by atoms with van der Waals surface area (Å²) in [7, 11) is 0. The molecule has 0 amide bonds. The second kappa shape index (κ2) is 6.62. The Morgan fingerprint density at radius 3 is 2.30 bits per heavy atom. The van der Waals surface area contributed by atoms with Crippen LogP contribution < -0.4 is 0 Å². The number of rotatable bonds is 2. The van der Waals surface area contributed by atoms with Crippen molar-refractivity contribution in [1.29, 1.82) is 0 Å². The quantitative estimate of drug-likeness (QED) is 0.672. The predicted molar refractivity (Wildman–Crippen MR) is 97.9 cm³/mol. The number of aliphatic hydroxyl groups is 2. The van der Waals surface area contributed by atoms with Crippen molar-refractivity contribution < 1.29 is 23.4 Å². The monoisotopic (exact) mass is 388 g/mol. The summed E-state index contributed by atoms with van der Waals surface area (Å²) < 4.78 is 38.8. The highest BCUT2D eigenvalue weighted by Crippen LogP contribution is 2.68. The van der Waals surface area contributed by atoms with E-state index < -0.39 is 12.3 Å². The van der Waals surface area contributed by atoms with E-state index in [0.29, 0.717) is 29.1 Å². The molecule has 0 saturated heterocycles. The van der Waals surface area contributed by atoms with Gasteiger partial charge in [-0.2, -0.15) is 13.2 Å². The molecule has 4 aliphatic carbocycles. The lowest BCUT2D eigenvalue weighted by atomic mass is 9.44. The topological polar surface area (TPSA) is 40.5 Å². The van der Waals surface area contributed by atoms with Crippen molar-refractivity contribution in [1.82, 2.24) is 0 Å². The summed E-state index contributed by atoms with van der Waals surface area (Å²) in [5.41, 5.74) is 0.248. The van der Waals surface area contributed by atoms with Crippen LogP contribution in [-0.4, -0.2) is 28.6 Å². The van der Waals surface area contributed by atoms with Crippen LogP contribution in [0.15, 0.2) is 0 Å². The van der Waals surface area contributed by atoms with Crippen molar-refractivity contribution >= 4 is 0 Å². The minimum atomic E-state index is -4.50. The minimum absolute atomic E-state index is 0.0150. The Labute approximate surface area is 160 Å². The zero-order valence-electron chi connectivity index (χ0n) is 16.6. The van der Waals surface area contributed by atoms with Gasteiger partial charge in [-0.1, -0.05) is 13.8 Å². The van der Waals surface area contributed by atoms with Crippen LogP contribution in [0.2, 0.25) is 0 Å². The van der Waals surface area contributed by atoms with Gasteiger partial charge in [0, 0.05) is 0 Å². The first-order valence-corrected chi connectivity index (χ1v) is 11.0. The largest absolute Gasteiger partial charge is 0.414 e. The Morgan fingerprint density at radius 1 is 0.926 bits per heavy atom. The number of halogens is 3. The van der Waals surface area contributed by atoms with Crippen molar-refractivity contribution in [2.45, 2.75) is 96.4 Å². The molecule has 0 aliphatic heterocycles. The molecule has 0 aromatic rings. The highest BCUT2D eigenvalue weighted by Gasteiger charge is 2.60. The molecule has 7 unspecified atom stereocenters. The summed E-state index contributed by atoms with van der Waals surface area (Å²) in [5.74, 6) is 2.38. The summed E-state index contributed by atoms with van der Waals surface area (Å²) in [5, 5.41) is 19.8. The second-order valence-corrected chi connectivity index (χ2v) is 10.7. The minimum Gasteiger partial charge on any atom is -0.393 e. The van der Waals surface area contributed by atoms with Crippen LogP contribution in [0.5, 0.6) is 0 Å². The van der Waals surface area contributed by atoms with Gasteiger partial charge in [0.1, 0.15) is 6.10 Å². The molecule has 156 valence electrons. The maximum Gasteiger partial charge on any atom is 0.414 e. The summed E-state index contributed by atoms with van der Waals surface area (Å²) in [6.07, 6.45) is 2.28. The van der Waals surface area contributed by atoms with Crippen LogP contribution in [0.25, 0.3) is 0 Å². The number of aliphatic hydroxyl groups excluding tert-OH is 2. The first-order chi connectivity index (χ1) is 12.6. The lowest BCUT2D eigenvalue weighted by Crippen LogP contribution is -2.54. The first-order valence-electron chi connectivity index (χ1n) is 11.0. The van der Waals surface area contributed by atoms with Crippen molar-refractivity contribution in [2.75, 3.05) is 0 Å². The molecule has 0 bridgehead atoms. The number of hydrogen-bond donors (Lipinski definition) is 2. The first kappa shape index (κ1) is 20.0. The molecule has 4 fully saturated rings. The Morgan fingerprint density at radius 2 is 1.59 bits per heavy atom. The van der Waals surface area contributed by atoms with E-state index in [1.54, 1.807) is 0 Å². The van der Waals surface area contributed by atoms with E-state index in [-0.39, 0.29) is 23.9 Å². The summed E-state index contributed by atoms with van der Waals surface area (Å²) in [4.78, 5) is 0. The number of alkyl halides is 3. The molecular weight excluding hydrogens is 353 g/mol. The van der Waals surface area contributed by atoms with Gasteiger partial charge in [-0.25, -0.2) is 0 Å². The van der Waals surface area contributed by atoms with Crippen LogP contribution in [0, 0.1) is 40.4 Å². The van der Waals surface area contributed by atoms with Gasteiger partial charge in [0.05, 0.1) is 6.10 Å². The Hall–Kier alpha value is -0.290. The van der Waals surface area contributed by atoms with Crippen LogP contribution in [0.4, 0.5) is 13.2 Å². The molecule has 0 spiro atoms. The van der Waals surface area contributed by atoms with Crippen LogP contribution in [-0.2, 0) is 0 Å². The van der Waals surface area contributed by atoms with Crippen molar-refractivity contribution in [3.05, 3.63) is 0 Å². The van der Waals surface area contributed by atoms with Crippen molar-refractivity contribution in [3.8, 4) is 0 Å². The van der Waals surface area contributed by atoms with Gasteiger partial charge in [-0.15, -0.1) is 0 Å². The molecular formula is C22H35F3O2. The molecule has 4 aliphatic rings. The summed E-state index contributed by atoms with van der Waals surface area (Å²) in [6, 6.07) is 0. The Balaban J connectivity index is 1.52. The fraction of sp³-hybridized carbons (Fsp3) is 1.00. The van der Waals surface area contributed by atoms with Gasteiger partial charge in [-0.05, 0) is 105 Å².